The van der Waals surface area contributed by atoms with Crippen LogP contribution in [0.15, 0.2) is 53.9 Å². The van der Waals surface area contributed by atoms with Crippen molar-refractivity contribution >= 4 is 17.2 Å². The first-order valence-electron chi connectivity index (χ1n) is 11.3. The first-order valence-corrected chi connectivity index (χ1v) is 12.2. The smallest absolute Gasteiger partial charge is 0.226 e. The van der Waals surface area contributed by atoms with Crippen LogP contribution in [-0.4, -0.2) is 42.5 Å². The number of aryl methyl sites for hydroxylation is 1. The number of likely N-dealkylation sites (tertiary alicyclic amines) is 1. The molecule has 0 aliphatic carbocycles. The van der Waals surface area contributed by atoms with Crippen LogP contribution < -0.4 is 10.1 Å². The van der Waals surface area contributed by atoms with Crippen LogP contribution in [0.3, 0.4) is 0 Å². The van der Waals surface area contributed by atoms with E-state index in [9.17, 15) is 4.79 Å². The molecule has 1 aliphatic rings. The molecule has 4 rings (SSSR count). The minimum absolute atomic E-state index is 0.0147. The molecule has 0 spiro atoms. The van der Waals surface area contributed by atoms with Crippen LogP contribution in [0, 0.1) is 0 Å². The van der Waals surface area contributed by atoms with Crippen molar-refractivity contribution in [1.29, 1.82) is 0 Å². The largest absolute Gasteiger partial charge is 0.497 e. The van der Waals surface area contributed by atoms with Crippen molar-refractivity contribution in [2.24, 2.45) is 0 Å². The number of nitrogens with one attached hydrogen (secondary N) is 1. The van der Waals surface area contributed by atoms with Crippen molar-refractivity contribution in [1.82, 2.24) is 15.2 Å². The van der Waals surface area contributed by atoms with E-state index < -0.39 is 0 Å². The molecular formula is C26H31N3O2S. The lowest BCUT2D eigenvalue weighted by Crippen LogP contribution is -2.37. The number of hydrogen-bond acceptors (Lipinski definition) is 5. The molecule has 168 valence electrons. The van der Waals surface area contributed by atoms with Gasteiger partial charge in [-0.3, -0.25) is 9.69 Å². The van der Waals surface area contributed by atoms with Gasteiger partial charge in [0.25, 0.3) is 0 Å². The predicted octanol–water partition coefficient (Wildman–Crippen LogP) is 4.88. The van der Waals surface area contributed by atoms with Crippen molar-refractivity contribution in [2.75, 3.05) is 26.7 Å². The summed E-state index contributed by atoms with van der Waals surface area (Å²) in [5, 5.41) is 6.10. The van der Waals surface area contributed by atoms with E-state index in [1.807, 2.05) is 17.5 Å². The molecule has 32 heavy (non-hydrogen) atoms. The van der Waals surface area contributed by atoms with Crippen molar-refractivity contribution in [3.63, 3.8) is 0 Å². The number of nitrogens with zero attached hydrogens (tertiary/aromatic N) is 2. The van der Waals surface area contributed by atoms with Gasteiger partial charge in [-0.05, 0) is 55.6 Å². The summed E-state index contributed by atoms with van der Waals surface area (Å²) in [5.74, 6) is 0.863. The van der Waals surface area contributed by atoms with E-state index >= 15 is 0 Å². The van der Waals surface area contributed by atoms with Crippen LogP contribution in [0.2, 0.25) is 0 Å². The van der Waals surface area contributed by atoms with Crippen LogP contribution in [0.5, 0.6) is 5.75 Å². The Kier molecular flexibility index (Phi) is 7.55. The van der Waals surface area contributed by atoms with E-state index in [1.54, 1.807) is 18.4 Å². The number of benzene rings is 2. The van der Waals surface area contributed by atoms with E-state index in [2.05, 4.69) is 53.5 Å². The molecule has 2 heterocycles. The molecule has 2 aromatic carbocycles. The Morgan fingerprint density at radius 3 is 2.50 bits per heavy atom. The number of thiazole rings is 1. The first-order chi connectivity index (χ1) is 15.7. The van der Waals surface area contributed by atoms with Gasteiger partial charge in [-0.1, -0.05) is 43.3 Å². The standard InChI is InChI=1S/C26H31N3O2S/c1-3-19-6-8-21(9-7-19)26-28-22(18-32-26)16-25(30)27-17-24(29-14-4-5-15-29)20-10-12-23(31-2)13-11-20/h6-13,18,24H,3-5,14-17H2,1-2H3,(H,27,30). The lowest BCUT2D eigenvalue weighted by molar-refractivity contribution is -0.120. The summed E-state index contributed by atoms with van der Waals surface area (Å²) in [7, 11) is 1.68. The fraction of sp³-hybridized carbons (Fsp3) is 0.385. The maximum atomic E-state index is 12.7. The second kappa shape index (κ2) is 10.7. The lowest BCUT2D eigenvalue weighted by atomic mass is 10.1. The van der Waals surface area contributed by atoms with Crippen molar-refractivity contribution in [3.8, 4) is 16.3 Å². The number of hydrogen-bond donors (Lipinski definition) is 1. The molecule has 0 radical (unpaired) electrons. The van der Waals surface area contributed by atoms with Gasteiger partial charge in [0, 0.05) is 17.5 Å². The van der Waals surface area contributed by atoms with Crippen molar-refractivity contribution < 1.29 is 9.53 Å². The molecule has 1 aromatic heterocycles. The van der Waals surface area contributed by atoms with Crippen molar-refractivity contribution in [3.05, 3.63) is 70.7 Å². The maximum Gasteiger partial charge on any atom is 0.226 e. The van der Waals surface area contributed by atoms with Gasteiger partial charge in [0.05, 0.1) is 25.3 Å². The molecule has 1 unspecified atom stereocenters. The summed E-state index contributed by atoms with van der Waals surface area (Å²) in [4.78, 5) is 19.9. The highest BCUT2D eigenvalue weighted by Gasteiger charge is 2.24. The Morgan fingerprint density at radius 1 is 1.12 bits per heavy atom. The van der Waals surface area contributed by atoms with Crippen molar-refractivity contribution in [2.45, 2.75) is 38.6 Å². The molecule has 0 bridgehead atoms. The zero-order valence-electron chi connectivity index (χ0n) is 18.8. The summed E-state index contributed by atoms with van der Waals surface area (Å²) >= 11 is 1.59. The van der Waals surface area contributed by atoms with Gasteiger partial charge in [-0.15, -0.1) is 11.3 Å². The van der Waals surface area contributed by atoms with Crippen LogP contribution in [0.1, 0.15) is 42.6 Å². The maximum absolute atomic E-state index is 12.7. The minimum Gasteiger partial charge on any atom is -0.497 e. The molecule has 0 saturated carbocycles. The second-order valence-corrected chi connectivity index (χ2v) is 9.07. The molecule has 3 aromatic rings. The van der Waals surface area contributed by atoms with Gasteiger partial charge < -0.3 is 10.1 Å². The Labute approximate surface area is 194 Å². The third-order valence-electron chi connectivity index (χ3n) is 6.08. The number of carbonyl (C=O) groups is 1. The van der Waals surface area contributed by atoms with Gasteiger partial charge in [-0.25, -0.2) is 4.98 Å². The number of aromatic nitrogens is 1. The Hall–Kier alpha value is -2.70. The van der Waals surface area contributed by atoms with Crippen LogP contribution >= 0.6 is 11.3 Å². The average Bonchev–Trinajstić information content (AvgIpc) is 3.52. The molecular weight excluding hydrogens is 418 g/mol. The van der Waals surface area contributed by atoms with Gasteiger partial charge in [0.15, 0.2) is 0 Å². The van der Waals surface area contributed by atoms with Gasteiger partial charge >= 0.3 is 0 Å². The fourth-order valence-corrected chi connectivity index (χ4v) is 5.00. The van der Waals surface area contributed by atoms with Gasteiger partial charge in [0.1, 0.15) is 10.8 Å². The molecule has 1 atom stereocenters. The second-order valence-electron chi connectivity index (χ2n) is 8.21. The topological polar surface area (TPSA) is 54.5 Å². The number of ether oxygens (including phenoxy) is 1. The molecule has 1 aliphatic heterocycles. The molecule has 1 N–H and O–H groups in total. The zero-order chi connectivity index (χ0) is 22.3. The van der Waals surface area contributed by atoms with E-state index in [4.69, 9.17) is 9.72 Å². The Bertz CT molecular complexity index is 1010. The first kappa shape index (κ1) is 22.5. The molecule has 1 fully saturated rings. The Balaban J connectivity index is 1.37. The third kappa shape index (κ3) is 5.56. The van der Waals surface area contributed by atoms with Crippen LogP contribution in [-0.2, 0) is 17.6 Å². The summed E-state index contributed by atoms with van der Waals surface area (Å²) < 4.78 is 5.30. The molecule has 1 saturated heterocycles. The lowest BCUT2D eigenvalue weighted by Gasteiger charge is -2.28. The van der Waals surface area contributed by atoms with Gasteiger partial charge in [-0.2, -0.15) is 0 Å². The van der Waals surface area contributed by atoms with Crippen LogP contribution in [0.25, 0.3) is 10.6 Å². The fourth-order valence-electron chi connectivity index (χ4n) is 4.18. The summed E-state index contributed by atoms with van der Waals surface area (Å²) in [6.07, 6.45) is 3.75. The summed E-state index contributed by atoms with van der Waals surface area (Å²) in [5.41, 5.74) is 4.45. The minimum atomic E-state index is 0.0147. The van der Waals surface area contributed by atoms with Gasteiger partial charge in [0.2, 0.25) is 5.91 Å². The monoisotopic (exact) mass is 449 g/mol. The van der Waals surface area contributed by atoms with E-state index in [1.165, 1.54) is 24.0 Å². The van der Waals surface area contributed by atoms with E-state index in [0.29, 0.717) is 13.0 Å². The average molecular weight is 450 g/mol. The number of carbonyl (C=O) groups excluding carboxylic acids is 1. The highest BCUT2D eigenvalue weighted by molar-refractivity contribution is 7.13. The van der Waals surface area contributed by atoms with Crippen LogP contribution in [0.4, 0.5) is 0 Å². The molecule has 6 heteroatoms. The highest BCUT2D eigenvalue weighted by atomic mass is 32.1. The third-order valence-corrected chi connectivity index (χ3v) is 7.02. The summed E-state index contributed by atoms with van der Waals surface area (Å²) in [6.45, 7) is 4.89. The molecule has 5 nitrogen and oxygen atoms in total. The SMILES string of the molecule is CCc1ccc(-c2nc(CC(=O)NCC(c3ccc(OC)cc3)N3CCCC3)cs2)cc1. The Morgan fingerprint density at radius 2 is 1.84 bits per heavy atom. The normalized spacial score (nSPS) is 14.9. The summed E-state index contributed by atoms with van der Waals surface area (Å²) in [6, 6.07) is 16.9. The predicted molar refractivity (Wildman–Crippen MR) is 130 cm³/mol. The van der Waals surface area contributed by atoms with E-state index in [-0.39, 0.29) is 11.9 Å². The number of rotatable bonds is 9. The quantitative estimate of drug-likeness (QED) is 0.506. The molecule has 1 amide bonds. The zero-order valence-corrected chi connectivity index (χ0v) is 19.7. The highest BCUT2D eigenvalue weighted by Crippen LogP contribution is 2.27. The van der Waals surface area contributed by atoms with E-state index in [0.717, 1.165) is 41.5 Å². The number of amides is 1. The number of methoxy groups -OCH3 is 1.